The van der Waals surface area contributed by atoms with Crippen molar-refractivity contribution < 1.29 is 58.3 Å². The van der Waals surface area contributed by atoms with Gasteiger partial charge in [-0.05, 0) is 68.4 Å². The third-order valence-electron chi connectivity index (χ3n) is 19.5. The van der Waals surface area contributed by atoms with Gasteiger partial charge in [0.25, 0.3) is 0 Å². The van der Waals surface area contributed by atoms with Crippen molar-refractivity contribution in [1.82, 2.24) is 73.5 Å². The van der Waals surface area contributed by atoms with Gasteiger partial charge in [-0.25, -0.2) is 44.9 Å². The predicted octanol–water partition coefficient (Wildman–Crippen LogP) is 7.32. The zero-order valence-corrected chi connectivity index (χ0v) is 54.7. The SMILES string of the molecule is CC1(C)O[C@H]2[C@H](n3cnc4c(N)ncnc43)OC3(CC(Oc4ccc5cc(Cl)cnc5c4)C3)[C@H]2O1.Nc1ncnc2c1ncn2[C@@H]1OC2(CC(Oc3ccc4cc(Cl)cnc4c3)C2)[C@@H](O)[C@H]1O.Nc1ncnc2c1ncn2[C@@H]1OC2(CC(Oc3ccc4cc(Cl)cnc4c3)C2)[C@@H](O)[C@H]1O. The Kier molecular flexibility index (Phi) is 15.2. The van der Waals surface area contributed by atoms with E-state index in [1.165, 1.54) is 31.6 Å². The molecule has 13 heterocycles. The van der Waals surface area contributed by atoms with E-state index in [1.54, 1.807) is 34.1 Å². The quantitative estimate of drug-likeness (QED) is 0.0743. The van der Waals surface area contributed by atoms with Gasteiger partial charge in [0.15, 0.2) is 58.9 Å². The number of nitrogens with two attached hydrogens (primary N) is 3. The molecule has 0 amide bonds. The zero-order valence-electron chi connectivity index (χ0n) is 52.4. The Balaban J connectivity index is 0.000000111. The summed E-state index contributed by atoms with van der Waals surface area (Å²) in [6.45, 7) is 3.84. The van der Waals surface area contributed by atoms with Crippen molar-refractivity contribution in [3.05, 3.63) is 144 Å². The lowest BCUT2D eigenvalue weighted by atomic mass is 9.73. The summed E-state index contributed by atoms with van der Waals surface area (Å²) in [5, 5.41) is 47.6. The molecule has 12 aromatic rings. The smallest absolute Gasteiger partial charge is 0.167 e. The second-order valence-electron chi connectivity index (χ2n) is 26.3. The first kappa shape index (κ1) is 63.3. The monoisotopic (exact) mass is 1400 g/mol. The van der Waals surface area contributed by atoms with E-state index in [2.05, 4.69) is 59.8 Å². The molecule has 508 valence electrons. The van der Waals surface area contributed by atoms with Crippen molar-refractivity contribution in [2.75, 3.05) is 17.2 Å². The first-order chi connectivity index (χ1) is 47.7. The van der Waals surface area contributed by atoms with Gasteiger partial charge >= 0.3 is 0 Å². The Morgan fingerprint density at radius 2 is 0.768 bits per heavy atom. The molecule has 99 heavy (non-hydrogen) atoms. The fraction of sp³-hybridized carbons (Fsp3) is 0.364. The Morgan fingerprint density at radius 3 is 1.14 bits per heavy atom. The van der Waals surface area contributed by atoms with Crippen molar-refractivity contribution >= 4 is 118 Å². The highest BCUT2D eigenvalue weighted by Gasteiger charge is 2.69. The minimum atomic E-state index is -1.15. The molecule has 30 nitrogen and oxygen atoms in total. The molecular formula is C66H61Cl3N18O12. The molecule has 10 N–H and O–H groups in total. The number of hydrogen-bond donors (Lipinski definition) is 7. The number of benzene rings is 3. The van der Waals surface area contributed by atoms with E-state index in [4.69, 9.17) is 89.9 Å². The van der Waals surface area contributed by atoms with Crippen LogP contribution in [-0.4, -0.2) is 171 Å². The summed E-state index contributed by atoms with van der Waals surface area (Å²) in [6.07, 6.45) is 9.01. The molecule has 9 aromatic heterocycles. The van der Waals surface area contributed by atoms with Gasteiger partial charge in [0, 0.05) is 91.5 Å². The second-order valence-corrected chi connectivity index (χ2v) is 27.6. The molecule has 3 aliphatic carbocycles. The molecule has 7 aliphatic rings. The van der Waals surface area contributed by atoms with Crippen molar-refractivity contribution in [1.29, 1.82) is 0 Å². The summed E-state index contributed by atoms with van der Waals surface area (Å²) in [6, 6.07) is 22.6. The van der Waals surface area contributed by atoms with Crippen LogP contribution in [0.4, 0.5) is 17.5 Å². The predicted molar refractivity (Wildman–Crippen MR) is 357 cm³/mol. The van der Waals surface area contributed by atoms with Gasteiger partial charge in [-0.1, -0.05) is 34.8 Å². The number of nitrogen functional groups attached to an aromatic ring is 3. The number of halogens is 3. The topological polar surface area (TPSA) is 402 Å². The molecule has 3 saturated carbocycles. The normalized spacial score (nSPS) is 30.2. The van der Waals surface area contributed by atoms with Crippen LogP contribution in [0.1, 0.15) is 71.1 Å². The van der Waals surface area contributed by atoms with Crippen LogP contribution in [-0.2, 0) is 23.7 Å². The van der Waals surface area contributed by atoms with E-state index in [0.717, 1.165) is 38.5 Å². The van der Waals surface area contributed by atoms with Gasteiger partial charge in [0.05, 0.1) is 50.6 Å². The van der Waals surface area contributed by atoms with Crippen molar-refractivity contribution in [2.24, 2.45) is 0 Å². The van der Waals surface area contributed by atoms with E-state index < -0.39 is 65.7 Å². The van der Waals surface area contributed by atoms with Crippen LogP contribution in [0.3, 0.4) is 0 Å². The lowest BCUT2D eigenvalue weighted by molar-refractivity contribution is -0.249. The molecule has 3 spiro atoms. The number of aromatic nitrogens is 15. The molecule has 7 fully saturated rings. The zero-order chi connectivity index (χ0) is 68.0. The van der Waals surface area contributed by atoms with Crippen LogP contribution in [0.5, 0.6) is 17.2 Å². The Hall–Kier alpha value is -9.15. The van der Waals surface area contributed by atoms with Crippen molar-refractivity contribution in [3.8, 4) is 17.2 Å². The molecule has 0 unspecified atom stereocenters. The van der Waals surface area contributed by atoms with Crippen LogP contribution in [0.25, 0.3) is 66.2 Å². The van der Waals surface area contributed by atoms with Crippen LogP contribution < -0.4 is 31.4 Å². The Bertz CT molecular complexity index is 4950. The standard InChI is InChI=1S/C24H23ClN6O4.2C21H19ClN6O4/c1-23(2)33-18-19(34-23)24(35-22(18)31-11-30-17-20(26)28-10-29-21(17)31)7-15(8-24)32-14-4-3-12-5-13(25)9-27-16(12)6-14;2*22-11-3-10-1-2-12(4-14(10)24-7-11)31-13-5-21(6-13)17(30)16(29)20(32-21)28-9-27-15-18(23)25-8-26-19(15)28/h3-6,9-11,15,18-19,22H,7-8H2,1-2H3,(H2,26,28,29);2*1-4,7-9,13,16-17,20,29-30H,5-6H2,(H2,23,25,26)/t15?,18-,19+,22-,24?;2*13?,16-,17+,20-,21?/m111/s1. The van der Waals surface area contributed by atoms with Gasteiger partial charge in [0.2, 0.25) is 0 Å². The molecule has 3 aromatic carbocycles. The number of hydrogen-bond acceptors (Lipinski definition) is 27. The summed E-state index contributed by atoms with van der Waals surface area (Å²) < 4.78 is 55.1. The number of rotatable bonds is 9. The number of aliphatic hydroxyl groups is 4. The highest BCUT2D eigenvalue weighted by molar-refractivity contribution is 6.31. The first-order valence-corrected chi connectivity index (χ1v) is 32.9. The Labute approximate surface area is 574 Å². The van der Waals surface area contributed by atoms with Crippen molar-refractivity contribution in [2.45, 2.75) is 149 Å². The number of pyridine rings is 3. The fourth-order valence-electron chi connectivity index (χ4n) is 14.7. The fourth-order valence-corrected chi connectivity index (χ4v) is 15.2. The second kappa shape index (κ2) is 23.8. The molecule has 4 saturated heterocycles. The average Bonchev–Trinajstić information content (AvgIpc) is 1.55. The lowest BCUT2D eigenvalue weighted by Crippen LogP contribution is -2.57. The summed E-state index contributed by atoms with van der Waals surface area (Å²) >= 11 is 18.0. The van der Waals surface area contributed by atoms with E-state index >= 15 is 0 Å². The third kappa shape index (κ3) is 11.0. The van der Waals surface area contributed by atoms with Gasteiger partial charge in [-0.15, -0.1) is 0 Å². The lowest BCUT2D eigenvalue weighted by Gasteiger charge is -2.46. The van der Waals surface area contributed by atoms with E-state index in [1.807, 2.05) is 91.2 Å². The molecule has 4 aliphatic heterocycles. The Morgan fingerprint density at radius 1 is 0.424 bits per heavy atom. The average molecular weight is 1400 g/mol. The van der Waals surface area contributed by atoms with E-state index in [-0.39, 0.29) is 42.2 Å². The minimum Gasteiger partial charge on any atom is -0.490 e. The largest absolute Gasteiger partial charge is 0.490 e. The highest BCUT2D eigenvalue weighted by Crippen LogP contribution is 2.58. The molecule has 9 atom stereocenters. The maximum atomic E-state index is 10.8. The van der Waals surface area contributed by atoms with Crippen LogP contribution in [0.15, 0.2) is 129 Å². The summed E-state index contributed by atoms with van der Waals surface area (Å²) in [5.41, 5.74) is 20.6. The number of aliphatic hydroxyl groups excluding tert-OH is 4. The summed E-state index contributed by atoms with van der Waals surface area (Å²) in [5.74, 6) is 2.17. The summed E-state index contributed by atoms with van der Waals surface area (Å²) in [7, 11) is 0. The maximum absolute atomic E-state index is 10.8. The van der Waals surface area contributed by atoms with Crippen LogP contribution in [0, 0.1) is 0 Å². The minimum absolute atomic E-state index is 0.0241. The first-order valence-electron chi connectivity index (χ1n) is 31.7. The molecule has 19 rings (SSSR count). The number of anilines is 3. The molecule has 0 bridgehead atoms. The van der Waals surface area contributed by atoms with E-state index in [9.17, 15) is 20.4 Å². The molecule has 0 radical (unpaired) electrons. The van der Waals surface area contributed by atoms with Crippen LogP contribution in [0.2, 0.25) is 15.1 Å². The third-order valence-corrected chi connectivity index (χ3v) is 20.1. The van der Waals surface area contributed by atoms with Gasteiger partial charge in [-0.3, -0.25) is 28.7 Å². The summed E-state index contributed by atoms with van der Waals surface area (Å²) in [4.78, 5) is 50.5. The number of fused-ring (bicyclic) bond motifs is 8. The molecular weight excluding hydrogens is 1340 g/mol. The van der Waals surface area contributed by atoms with Crippen molar-refractivity contribution in [3.63, 3.8) is 0 Å². The number of imidazole rings is 3. The van der Waals surface area contributed by atoms with Gasteiger partial charge < -0.3 is 75.5 Å². The maximum Gasteiger partial charge on any atom is 0.167 e. The molecule has 33 heteroatoms. The van der Waals surface area contributed by atoms with Gasteiger partial charge in [-0.2, -0.15) is 0 Å². The number of nitrogens with zero attached hydrogens (tertiary/aromatic N) is 15. The van der Waals surface area contributed by atoms with E-state index in [0.29, 0.717) is 104 Å². The highest BCUT2D eigenvalue weighted by atomic mass is 35.5. The van der Waals surface area contributed by atoms with Gasteiger partial charge in [0.1, 0.15) is 125 Å². The number of ether oxygens (including phenoxy) is 8. The van der Waals surface area contributed by atoms with Crippen LogP contribution >= 0.6 is 34.8 Å².